The van der Waals surface area contributed by atoms with Crippen LogP contribution in [0.5, 0.6) is 5.75 Å². The Hall–Kier alpha value is -2.94. The van der Waals surface area contributed by atoms with Gasteiger partial charge in [-0.05, 0) is 36.4 Å². The van der Waals surface area contributed by atoms with Crippen molar-refractivity contribution in [3.8, 4) is 11.4 Å². The molecule has 3 aromatic rings. The zero-order valence-corrected chi connectivity index (χ0v) is 14.6. The van der Waals surface area contributed by atoms with E-state index in [0.717, 1.165) is 17.8 Å². The van der Waals surface area contributed by atoms with Crippen LogP contribution in [0.4, 0.5) is 18.9 Å². The molecule has 0 spiro atoms. The molecule has 0 aliphatic heterocycles. The molecule has 1 N–H and O–H groups in total. The molecule has 0 fully saturated rings. The SMILES string of the molecule is O=C(CSc1nccn1-c1ccccc1)Nc1ccc(OC(F)(F)F)cc1. The van der Waals surface area contributed by atoms with Crippen LogP contribution < -0.4 is 10.1 Å². The first-order chi connectivity index (χ1) is 12.9. The summed E-state index contributed by atoms with van der Waals surface area (Å²) in [5.41, 5.74) is 1.31. The summed E-state index contributed by atoms with van der Waals surface area (Å²) >= 11 is 1.25. The van der Waals surface area contributed by atoms with Crippen LogP contribution in [0.1, 0.15) is 0 Å². The fourth-order valence-electron chi connectivity index (χ4n) is 2.25. The lowest BCUT2D eigenvalue weighted by atomic mass is 10.3. The summed E-state index contributed by atoms with van der Waals surface area (Å²) in [6, 6.07) is 14.5. The first-order valence-electron chi connectivity index (χ1n) is 7.78. The van der Waals surface area contributed by atoms with Crippen molar-refractivity contribution in [1.82, 2.24) is 9.55 Å². The monoisotopic (exact) mass is 393 g/mol. The summed E-state index contributed by atoms with van der Waals surface area (Å²) in [5, 5.41) is 3.28. The Kier molecular flexibility index (Phi) is 5.70. The van der Waals surface area contributed by atoms with Gasteiger partial charge in [0.05, 0.1) is 5.75 Å². The number of anilines is 1. The summed E-state index contributed by atoms with van der Waals surface area (Å²) < 4.78 is 42.1. The van der Waals surface area contributed by atoms with E-state index in [9.17, 15) is 18.0 Å². The van der Waals surface area contributed by atoms with Crippen molar-refractivity contribution in [1.29, 1.82) is 0 Å². The number of hydrogen-bond acceptors (Lipinski definition) is 4. The van der Waals surface area contributed by atoms with Crippen LogP contribution in [-0.4, -0.2) is 27.6 Å². The zero-order valence-electron chi connectivity index (χ0n) is 13.8. The fourth-order valence-corrected chi connectivity index (χ4v) is 3.02. The topological polar surface area (TPSA) is 56.2 Å². The van der Waals surface area contributed by atoms with E-state index in [-0.39, 0.29) is 17.4 Å². The third kappa shape index (κ3) is 5.52. The van der Waals surface area contributed by atoms with Crippen LogP contribution in [0.25, 0.3) is 5.69 Å². The average molecular weight is 393 g/mol. The van der Waals surface area contributed by atoms with Gasteiger partial charge in [0.2, 0.25) is 5.91 Å². The van der Waals surface area contributed by atoms with Crippen molar-refractivity contribution in [3.63, 3.8) is 0 Å². The van der Waals surface area contributed by atoms with E-state index in [1.165, 1.54) is 23.9 Å². The second kappa shape index (κ2) is 8.17. The number of aromatic nitrogens is 2. The number of halogens is 3. The van der Waals surface area contributed by atoms with Gasteiger partial charge < -0.3 is 10.1 Å². The number of amides is 1. The number of hydrogen-bond donors (Lipinski definition) is 1. The molecule has 0 aliphatic carbocycles. The lowest BCUT2D eigenvalue weighted by Gasteiger charge is -2.10. The van der Waals surface area contributed by atoms with Crippen molar-refractivity contribution < 1.29 is 22.7 Å². The maximum Gasteiger partial charge on any atom is 0.573 e. The summed E-state index contributed by atoms with van der Waals surface area (Å²) in [6.07, 6.45) is -1.30. The first kappa shape index (κ1) is 18.8. The quantitative estimate of drug-likeness (QED) is 0.627. The van der Waals surface area contributed by atoms with Gasteiger partial charge in [0, 0.05) is 23.8 Å². The molecule has 0 saturated carbocycles. The van der Waals surface area contributed by atoms with Crippen LogP contribution in [0, 0.1) is 0 Å². The number of para-hydroxylation sites is 1. The first-order valence-corrected chi connectivity index (χ1v) is 8.76. The Balaban J connectivity index is 1.56. The van der Waals surface area contributed by atoms with Gasteiger partial charge in [0.25, 0.3) is 0 Å². The number of thioether (sulfide) groups is 1. The summed E-state index contributed by atoms with van der Waals surface area (Å²) in [6.45, 7) is 0. The highest BCUT2D eigenvalue weighted by Crippen LogP contribution is 2.24. The van der Waals surface area contributed by atoms with Crippen molar-refractivity contribution in [3.05, 3.63) is 67.0 Å². The lowest BCUT2D eigenvalue weighted by Crippen LogP contribution is -2.17. The predicted octanol–water partition coefficient (Wildman–Crippen LogP) is 4.50. The van der Waals surface area contributed by atoms with Crippen molar-refractivity contribution >= 4 is 23.4 Å². The molecule has 3 rings (SSSR count). The molecule has 27 heavy (non-hydrogen) atoms. The molecule has 0 saturated heterocycles. The van der Waals surface area contributed by atoms with Gasteiger partial charge in [-0.25, -0.2) is 4.98 Å². The number of carbonyl (C=O) groups is 1. The van der Waals surface area contributed by atoms with Crippen molar-refractivity contribution in [2.75, 3.05) is 11.1 Å². The molecule has 1 amide bonds. The molecular formula is C18H14F3N3O2S. The standard InChI is InChI=1S/C18H14F3N3O2S/c19-18(20,21)26-15-8-6-13(7-9-15)23-16(25)12-27-17-22-10-11-24(17)14-4-2-1-3-5-14/h1-11H,12H2,(H,23,25). The zero-order chi connectivity index (χ0) is 19.3. The van der Waals surface area contributed by atoms with E-state index in [4.69, 9.17) is 0 Å². The third-order valence-electron chi connectivity index (χ3n) is 3.35. The van der Waals surface area contributed by atoms with Crippen molar-refractivity contribution in [2.45, 2.75) is 11.5 Å². The van der Waals surface area contributed by atoms with Gasteiger partial charge in [0.15, 0.2) is 5.16 Å². The van der Waals surface area contributed by atoms with Crippen LogP contribution in [0.3, 0.4) is 0 Å². The van der Waals surface area contributed by atoms with Gasteiger partial charge in [-0.3, -0.25) is 9.36 Å². The minimum atomic E-state index is -4.75. The van der Waals surface area contributed by atoms with Gasteiger partial charge in [0.1, 0.15) is 5.75 Å². The van der Waals surface area contributed by atoms with Gasteiger partial charge >= 0.3 is 6.36 Å². The highest BCUT2D eigenvalue weighted by molar-refractivity contribution is 7.99. The molecule has 0 atom stereocenters. The minimum absolute atomic E-state index is 0.102. The average Bonchev–Trinajstić information content (AvgIpc) is 3.10. The molecule has 5 nitrogen and oxygen atoms in total. The molecule has 2 aromatic carbocycles. The Morgan fingerprint density at radius 3 is 2.48 bits per heavy atom. The highest BCUT2D eigenvalue weighted by atomic mass is 32.2. The second-order valence-corrected chi connectivity index (χ2v) is 6.27. The summed E-state index contributed by atoms with van der Waals surface area (Å²) in [5.74, 6) is -0.545. The number of rotatable bonds is 6. The molecule has 0 aliphatic rings. The number of benzene rings is 2. The Morgan fingerprint density at radius 1 is 1.11 bits per heavy atom. The molecular weight excluding hydrogens is 379 g/mol. The largest absolute Gasteiger partial charge is 0.573 e. The molecule has 9 heteroatoms. The second-order valence-electron chi connectivity index (χ2n) is 5.32. The molecule has 0 unspecified atom stereocenters. The number of ether oxygens (including phenoxy) is 1. The molecule has 0 bridgehead atoms. The lowest BCUT2D eigenvalue weighted by molar-refractivity contribution is -0.274. The van der Waals surface area contributed by atoms with E-state index in [1.54, 1.807) is 12.4 Å². The Morgan fingerprint density at radius 2 is 1.81 bits per heavy atom. The molecule has 140 valence electrons. The van der Waals surface area contributed by atoms with Crippen molar-refractivity contribution in [2.24, 2.45) is 0 Å². The Bertz CT molecular complexity index is 896. The minimum Gasteiger partial charge on any atom is -0.406 e. The normalized spacial score (nSPS) is 11.2. The van der Waals surface area contributed by atoms with E-state index in [2.05, 4.69) is 15.0 Å². The van der Waals surface area contributed by atoms with Gasteiger partial charge in [-0.1, -0.05) is 30.0 Å². The van der Waals surface area contributed by atoms with Crippen LogP contribution in [-0.2, 0) is 4.79 Å². The number of alkyl halides is 3. The van der Waals surface area contributed by atoms with Crippen LogP contribution in [0.15, 0.2) is 72.1 Å². The number of imidazole rings is 1. The smallest absolute Gasteiger partial charge is 0.406 e. The number of nitrogens with zero attached hydrogens (tertiary/aromatic N) is 2. The van der Waals surface area contributed by atoms with Gasteiger partial charge in [-0.2, -0.15) is 0 Å². The highest BCUT2D eigenvalue weighted by Gasteiger charge is 2.30. The maximum absolute atomic E-state index is 12.1. The number of nitrogens with one attached hydrogen (secondary N) is 1. The molecule has 1 heterocycles. The van der Waals surface area contributed by atoms with Crippen LogP contribution in [0.2, 0.25) is 0 Å². The molecule has 0 radical (unpaired) electrons. The van der Waals surface area contributed by atoms with E-state index in [0.29, 0.717) is 10.8 Å². The summed E-state index contributed by atoms with van der Waals surface area (Å²) in [7, 11) is 0. The van der Waals surface area contributed by atoms with E-state index >= 15 is 0 Å². The third-order valence-corrected chi connectivity index (χ3v) is 4.31. The fraction of sp³-hybridized carbons (Fsp3) is 0.111. The summed E-state index contributed by atoms with van der Waals surface area (Å²) in [4.78, 5) is 16.3. The van der Waals surface area contributed by atoms with Gasteiger partial charge in [-0.15, -0.1) is 13.2 Å². The van der Waals surface area contributed by atoms with Crippen LogP contribution >= 0.6 is 11.8 Å². The number of carbonyl (C=O) groups excluding carboxylic acids is 1. The van der Waals surface area contributed by atoms with E-state index in [1.807, 2.05) is 34.9 Å². The Labute approximate surface area is 157 Å². The van der Waals surface area contributed by atoms with E-state index < -0.39 is 6.36 Å². The predicted molar refractivity (Wildman–Crippen MR) is 96.0 cm³/mol. The molecule has 1 aromatic heterocycles. The maximum atomic E-state index is 12.1.